The van der Waals surface area contributed by atoms with Gasteiger partial charge in [0.25, 0.3) is 0 Å². The number of nitrogens with zero attached hydrogens (tertiary/aromatic N) is 2. The van der Waals surface area contributed by atoms with Crippen LogP contribution in [0.5, 0.6) is 0 Å². The number of nitrogens with one attached hydrogen (secondary N) is 1. The van der Waals surface area contributed by atoms with Gasteiger partial charge in [-0.05, 0) is 70.8 Å². The fraction of sp³-hybridized carbons (Fsp3) is 0.667. The number of rotatable bonds is 3. The van der Waals surface area contributed by atoms with Gasteiger partial charge in [0, 0.05) is 48.0 Å². The van der Waals surface area contributed by atoms with Crippen LogP contribution < -0.4 is 0 Å². The molecule has 1 saturated heterocycles. The summed E-state index contributed by atoms with van der Waals surface area (Å²) in [4.78, 5) is 22.8. The van der Waals surface area contributed by atoms with Gasteiger partial charge in [0.1, 0.15) is 6.29 Å². The summed E-state index contributed by atoms with van der Waals surface area (Å²) in [6.07, 6.45) is 10.8. The summed E-state index contributed by atoms with van der Waals surface area (Å²) >= 11 is 0. The molecule has 2 aliphatic heterocycles. The first-order valence-electron chi connectivity index (χ1n) is 11.2. The van der Waals surface area contributed by atoms with E-state index in [0.29, 0.717) is 17.8 Å². The maximum atomic E-state index is 12.1. The zero-order chi connectivity index (χ0) is 20.3. The Hall–Kier alpha value is -1.88. The molecule has 5 nitrogen and oxygen atoms in total. The van der Waals surface area contributed by atoms with Crippen molar-refractivity contribution in [1.82, 2.24) is 14.9 Å². The minimum absolute atomic E-state index is 0.0429. The van der Waals surface area contributed by atoms with Crippen molar-refractivity contribution in [1.29, 1.82) is 0 Å². The molecule has 1 saturated carbocycles. The van der Waals surface area contributed by atoms with E-state index in [1.165, 1.54) is 23.3 Å². The molecular weight excluding hydrogens is 362 g/mol. The van der Waals surface area contributed by atoms with Crippen LogP contribution in [0, 0.1) is 23.7 Å². The van der Waals surface area contributed by atoms with Crippen LogP contribution in [0.3, 0.4) is 0 Å². The van der Waals surface area contributed by atoms with Crippen molar-refractivity contribution in [3.8, 4) is 0 Å². The zero-order valence-corrected chi connectivity index (χ0v) is 18.1. The van der Waals surface area contributed by atoms with Crippen molar-refractivity contribution >= 4 is 11.9 Å². The summed E-state index contributed by atoms with van der Waals surface area (Å²) in [5, 5.41) is 0. The van der Waals surface area contributed by atoms with Gasteiger partial charge in [-0.15, -0.1) is 0 Å². The number of fused-ring (bicyclic) bond motifs is 3. The second-order valence-electron chi connectivity index (χ2n) is 9.98. The van der Waals surface area contributed by atoms with Gasteiger partial charge >= 0.3 is 0 Å². The van der Waals surface area contributed by atoms with Crippen LogP contribution in [0.1, 0.15) is 57.8 Å². The highest BCUT2D eigenvalue weighted by Gasteiger charge is 2.51. The van der Waals surface area contributed by atoms with E-state index in [4.69, 9.17) is 9.72 Å². The van der Waals surface area contributed by atoms with Gasteiger partial charge in [-0.3, -0.25) is 0 Å². The molecule has 1 N–H and O–H groups in total. The molecule has 0 amide bonds. The molecule has 2 fully saturated rings. The largest absolute Gasteiger partial charge is 0.381 e. The number of ether oxygens (including phenoxy) is 1. The van der Waals surface area contributed by atoms with E-state index in [1.54, 1.807) is 5.57 Å². The average Bonchev–Trinajstić information content (AvgIpc) is 3.12. The maximum absolute atomic E-state index is 12.1. The Morgan fingerprint density at radius 2 is 2.14 bits per heavy atom. The van der Waals surface area contributed by atoms with Crippen molar-refractivity contribution in [2.24, 2.45) is 23.7 Å². The number of H-pyrrole nitrogens is 1. The predicted octanol–water partition coefficient (Wildman–Crippen LogP) is 3.98. The monoisotopic (exact) mass is 395 g/mol. The second-order valence-corrected chi connectivity index (χ2v) is 9.98. The molecule has 1 aromatic rings. The summed E-state index contributed by atoms with van der Waals surface area (Å²) in [6.45, 7) is 8.10. The Morgan fingerprint density at radius 3 is 2.90 bits per heavy atom. The number of hydrogen-bond acceptors (Lipinski definition) is 4. The molecule has 156 valence electrons. The van der Waals surface area contributed by atoms with Crippen molar-refractivity contribution in [3.05, 3.63) is 35.1 Å². The van der Waals surface area contributed by atoms with Crippen LogP contribution in [0.15, 0.2) is 23.7 Å². The Labute approximate surface area is 173 Å². The number of carbonyl (C=O) groups is 1. The van der Waals surface area contributed by atoms with Crippen LogP contribution >= 0.6 is 0 Å². The predicted molar refractivity (Wildman–Crippen MR) is 113 cm³/mol. The maximum Gasteiger partial charge on any atom is 0.123 e. The lowest BCUT2D eigenvalue weighted by Crippen LogP contribution is -2.48. The Balaban J connectivity index is 1.69. The summed E-state index contributed by atoms with van der Waals surface area (Å²) in [6, 6.07) is 0. The van der Waals surface area contributed by atoms with Gasteiger partial charge in [-0.1, -0.05) is 5.57 Å². The van der Waals surface area contributed by atoms with E-state index < -0.39 is 0 Å². The number of aromatic nitrogens is 2. The fourth-order valence-corrected chi connectivity index (χ4v) is 6.88. The quantitative estimate of drug-likeness (QED) is 0.787. The minimum Gasteiger partial charge on any atom is -0.381 e. The molecule has 5 heteroatoms. The molecule has 4 bridgehead atoms. The van der Waals surface area contributed by atoms with E-state index >= 15 is 0 Å². The van der Waals surface area contributed by atoms with Gasteiger partial charge in [0.2, 0.25) is 0 Å². The highest BCUT2D eigenvalue weighted by Crippen LogP contribution is 2.54. The first-order valence-corrected chi connectivity index (χ1v) is 11.2. The molecule has 29 heavy (non-hydrogen) atoms. The normalized spacial score (nSPS) is 35.7. The topological polar surface area (TPSA) is 58.2 Å². The Bertz CT molecular complexity index is 880. The lowest BCUT2D eigenvalue weighted by Gasteiger charge is -2.45. The number of allylic oxidation sites excluding steroid dienone is 3. The van der Waals surface area contributed by atoms with Gasteiger partial charge in [-0.2, -0.15) is 0 Å². The number of aromatic amines is 1. The van der Waals surface area contributed by atoms with Gasteiger partial charge < -0.3 is 19.4 Å². The number of carbonyl (C=O) groups excluding carboxylic acids is 1. The van der Waals surface area contributed by atoms with Crippen molar-refractivity contribution in [2.75, 3.05) is 13.7 Å². The van der Waals surface area contributed by atoms with E-state index in [9.17, 15) is 4.79 Å². The van der Waals surface area contributed by atoms with Crippen LogP contribution in [0.25, 0.3) is 5.57 Å². The van der Waals surface area contributed by atoms with Gasteiger partial charge in [0.05, 0.1) is 18.1 Å². The van der Waals surface area contributed by atoms with Crippen molar-refractivity contribution in [2.45, 2.75) is 64.5 Å². The van der Waals surface area contributed by atoms with E-state index in [0.717, 1.165) is 44.3 Å². The third kappa shape index (κ3) is 2.77. The van der Waals surface area contributed by atoms with Crippen LogP contribution in [-0.2, 0) is 16.0 Å². The van der Waals surface area contributed by atoms with E-state index in [1.807, 2.05) is 13.4 Å². The minimum atomic E-state index is 0.0429. The van der Waals surface area contributed by atoms with Gasteiger partial charge in [-0.25, -0.2) is 4.98 Å². The Kier molecular flexibility index (Phi) is 4.50. The molecule has 3 heterocycles. The first-order chi connectivity index (χ1) is 14.0. The third-order valence-electron chi connectivity index (χ3n) is 8.39. The number of aldehydes is 1. The second kappa shape index (κ2) is 6.83. The van der Waals surface area contributed by atoms with Crippen molar-refractivity contribution in [3.63, 3.8) is 0 Å². The first kappa shape index (κ1) is 19.1. The number of methoxy groups -OCH3 is 1. The molecule has 2 aliphatic carbocycles. The third-order valence-corrected chi connectivity index (χ3v) is 8.39. The van der Waals surface area contributed by atoms with E-state index in [2.05, 4.69) is 36.7 Å². The highest BCUT2D eigenvalue weighted by molar-refractivity contribution is 5.80. The highest BCUT2D eigenvalue weighted by atomic mass is 16.5. The molecule has 0 spiro atoms. The average molecular weight is 396 g/mol. The lowest BCUT2D eigenvalue weighted by molar-refractivity contribution is -0.115. The van der Waals surface area contributed by atoms with Crippen LogP contribution in [-0.4, -0.2) is 46.5 Å². The smallest absolute Gasteiger partial charge is 0.123 e. The van der Waals surface area contributed by atoms with Gasteiger partial charge in [0.15, 0.2) is 0 Å². The molecule has 0 radical (unpaired) electrons. The molecule has 4 aliphatic rings. The standard InChI is InChI=1S/C24H33N3O2/c1-14-9-19-22-17(18-10-16(29-4)6-5-15(18)12-28)7-8-27(14)24(2,3)20(22)11-21-23(19)26-13-25-21/h9,12-13,15-18,20H,5-8,10-11H2,1-4H3,(H,25,26)/t15?,16?,17?,18?,20-/m1/s1. The van der Waals surface area contributed by atoms with Crippen molar-refractivity contribution < 1.29 is 9.53 Å². The fourth-order valence-electron chi connectivity index (χ4n) is 6.88. The molecular formula is C24H33N3O2. The molecule has 5 atom stereocenters. The number of imidazole rings is 1. The lowest BCUT2D eigenvalue weighted by atomic mass is 9.62. The summed E-state index contributed by atoms with van der Waals surface area (Å²) < 4.78 is 5.76. The summed E-state index contributed by atoms with van der Waals surface area (Å²) in [7, 11) is 1.82. The molecule has 5 rings (SSSR count). The number of hydrogen-bond donors (Lipinski definition) is 1. The van der Waals surface area contributed by atoms with Crippen LogP contribution in [0.4, 0.5) is 0 Å². The van der Waals surface area contributed by atoms with Crippen LogP contribution in [0.2, 0.25) is 0 Å². The summed E-state index contributed by atoms with van der Waals surface area (Å²) in [5.74, 6) is 1.35. The molecule has 4 unspecified atom stereocenters. The zero-order valence-electron chi connectivity index (χ0n) is 18.1. The SMILES string of the molecule is COC1CCC(C=O)C(C2CCN3C(C)=CC4=C2[C@@H](Cc2[nH]cnc24)C3(C)C)C1. The molecule has 1 aromatic heterocycles. The molecule has 0 aromatic carbocycles. The summed E-state index contributed by atoms with van der Waals surface area (Å²) in [5.41, 5.74) is 6.65. The Morgan fingerprint density at radius 1 is 1.31 bits per heavy atom. The van der Waals surface area contributed by atoms with E-state index in [-0.39, 0.29) is 17.6 Å².